The van der Waals surface area contributed by atoms with Crippen molar-refractivity contribution in [2.24, 2.45) is 5.92 Å². The lowest BCUT2D eigenvalue weighted by molar-refractivity contribution is -0.137. The average Bonchev–Trinajstić information content (AvgIpc) is 2.60. The highest BCUT2D eigenvalue weighted by atomic mass is 32.2. The van der Waals surface area contributed by atoms with Crippen LogP contribution in [0.2, 0.25) is 0 Å². The average molecular weight is 278 g/mol. The Morgan fingerprint density at radius 2 is 2.00 bits per heavy atom. The summed E-state index contributed by atoms with van der Waals surface area (Å²) in [6.45, 7) is 3.07. The molecule has 0 aromatic rings. The lowest BCUT2D eigenvalue weighted by Gasteiger charge is -2.22. The van der Waals surface area contributed by atoms with E-state index in [4.69, 9.17) is 5.11 Å². The highest BCUT2D eigenvalue weighted by Gasteiger charge is 2.36. The van der Waals surface area contributed by atoms with Gasteiger partial charge in [0.05, 0.1) is 5.75 Å². The molecule has 0 aromatic carbocycles. The van der Waals surface area contributed by atoms with Crippen molar-refractivity contribution in [2.45, 2.75) is 25.8 Å². The van der Waals surface area contributed by atoms with Gasteiger partial charge in [-0.3, -0.25) is 4.79 Å². The smallest absolute Gasteiger partial charge is 0.303 e. The number of aliphatic carboxylic acids is 1. The molecule has 0 saturated carbocycles. The van der Waals surface area contributed by atoms with Crippen molar-refractivity contribution >= 4 is 16.0 Å². The molecule has 0 bridgehead atoms. The van der Waals surface area contributed by atoms with Crippen LogP contribution >= 0.6 is 0 Å². The summed E-state index contributed by atoms with van der Waals surface area (Å²) < 4.78 is 25.6. The van der Waals surface area contributed by atoms with E-state index in [1.54, 1.807) is 0 Å². The molecule has 2 atom stereocenters. The zero-order valence-corrected chi connectivity index (χ0v) is 12.0. The first kappa shape index (κ1) is 15.4. The molecule has 2 unspecified atom stereocenters. The van der Waals surface area contributed by atoms with E-state index in [2.05, 4.69) is 0 Å². The molecule has 1 heterocycles. The van der Waals surface area contributed by atoms with E-state index in [0.29, 0.717) is 19.0 Å². The first-order valence-corrected chi connectivity index (χ1v) is 7.71. The van der Waals surface area contributed by atoms with Crippen molar-refractivity contribution < 1.29 is 18.3 Å². The van der Waals surface area contributed by atoms with Crippen LogP contribution in [0.25, 0.3) is 0 Å². The van der Waals surface area contributed by atoms with E-state index < -0.39 is 16.0 Å². The normalized spacial score (nSPS) is 25.8. The first-order chi connectivity index (χ1) is 8.24. The summed E-state index contributed by atoms with van der Waals surface area (Å²) >= 11 is 0. The van der Waals surface area contributed by atoms with E-state index in [-0.39, 0.29) is 24.6 Å². The Morgan fingerprint density at radius 1 is 1.39 bits per heavy atom. The quantitative estimate of drug-likeness (QED) is 0.743. The van der Waals surface area contributed by atoms with Gasteiger partial charge in [0.1, 0.15) is 0 Å². The fraction of sp³-hybridized carbons (Fsp3) is 0.909. The lowest BCUT2D eigenvalue weighted by Crippen LogP contribution is -2.36. The fourth-order valence-corrected chi connectivity index (χ4v) is 3.95. The minimum atomic E-state index is -3.31. The zero-order valence-electron chi connectivity index (χ0n) is 11.2. The third kappa shape index (κ3) is 3.93. The Balaban J connectivity index is 2.57. The van der Waals surface area contributed by atoms with Crippen molar-refractivity contribution in [3.63, 3.8) is 0 Å². The molecule has 106 valence electrons. The fourth-order valence-electron chi connectivity index (χ4n) is 2.34. The maximum absolute atomic E-state index is 12.0. The number of carbonyl (C=O) groups is 1. The van der Waals surface area contributed by atoms with Crippen LogP contribution in [0.5, 0.6) is 0 Å². The second-order valence-corrected chi connectivity index (χ2v) is 7.23. The molecule has 0 amide bonds. The third-order valence-electron chi connectivity index (χ3n) is 3.39. The monoisotopic (exact) mass is 278 g/mol. The number of likely N-dealkylation sites (N-methyl/N-ethyl adjacent to an activating group) is 1. The van der Waals surface area contributed by atoms with Crippen LogP contribution in [0.4, 0.5) is 0 Å². The Morgan fingerprint density at radius 3 is 2.44 bits per heavy atom. The SMILES string of the molecule is CC1CN(S(=O)(=O)CCCC(=O)O)CC1N(C)C. The summed E-state index contributed by atoms with van der Waals surface area (Å²) in [5, 5.41) is 8.52. The number of hydrogen-bond donors (Lipinski definition) is 1. The second kappa shape index (κ2) is 5.99. The molecule has 0 aliphatic carbocycles. The van der Waals surface area contributed by atoms with E-state index in [9.17, 15) is 13.2 Å². The van der Waals surface area contributed by atoms with Crippen LogP contribution in [-0.4, -0.2) is 67.7 Å². The Bertz CT molecular complexity index is 394. The van der Waals surface area contributed by atoms with Crippen LogP contribution in [0, 0.1) is 5.92 Å². The van der Waals surface area contributed by atoms with Crippen LogP contribution < -0.4 is 0 Å². The van der Waals surface area contributed by atoms with Crippen molar-refractivity contribution in [2.75, 3.05) is 32.9 Å². The van der Waals surface area contributed by atoms with Crippen molar-refractivity contribution in [3.8, 4) is 0 Å². The molecule has 1 rings (SSSR count). The van der Waals surface area contributed by atoms with Gasteiger partial charge in [0.15, 0.2) is 0 Å². The van der Waals surface area contributed by atoms with Gasteiger partial charge in [-0.25, -0.2) is 12.7 Å². The second-order valence-electron chi connectivity index (χ2n) is 5.14. The summed E-state index contributed by atoms with van der Waals surface area (Å²) in [6, 6.07) is 0.235. The molecule has 1 fully saturated rings. The van der Waals surface area contributed by atoms with Gasteiger partial charge in [-0.15, -0.1) is 0 Å². The van der Waals surface area contributed by atoms with Crippen LogP contribution in [0.15, 0.2) is 0 Å². The molecule has 1 aliphatic heterocycles. The van der Waals surface area contributed by atoms with E-state index in [0.717, 1.165) is 0 Å². The molecule has 1 N–H and O–H groups in total. The largest absolute Gasteiger partial charge is 0.481 e. The number of carboxylic acids is 1. The summed E-state index contributed by atoms with van der Waals surface area (Å²) in [6.07, 6.45) is 0.0783. The van der Waals surface area contributed by atoms with Crippen LogP contribution in [0.3, 0.4) is 0 Å². The first-order valence-electron chi connectivity index (χ1n) is 6.10. The minimum absolute atomic E-state index is 0.0772. The maximum Gasteiger partial charge on any atom is 0.303 e. The molecular weight excluding hydrogens is 256 g/mol. The van der Waals surface area contributed by atoms with E-state index >= 15 is 0 Å². The Labute approximate surface area is 109 Å². The van der Waals surface area contributed by atoms with Crippen molar-refractivity contribution in [3.05, 3.63) is 0 Å². The molecule has 0 radical (unpaired) electrons. The predicted molar refractivity (Wildman–Crippen MR) is 68.9 cm³/mol. The zero-order chi connectivity index (χ0) is 13.9. The molecule has 1 saturated heterocycles. The number of hydrogen-bond acceptors (Lipinski definition) is 4. The Hall–Kier alpha value is -0.660. The van der Waals surface area contributed by atoms with Gasteiger partial charge in [0.2, 0.25) is 10.0 Å². The topological polar surface area (TPSA) is 77.9 Å². The molecule has 0 aromatic heterocycles. The van der Waals surface area contributed by atoms with Gasteiger partial charge >= 0.3 is 5.97 Å². The molecule has 6 nitrogen and oxygen atoms in total. The Kier molecular flexibility index (Phi) is 5.12. The maximum atomic E-state index is 12.0. The summed E-state index contributed by atoms with van der Waals surface area (Å²) in [5.41, 5.74) is 0. The number of sulfonamides is 1. The third-order valence-corrected chi connectivity index (χ3v) is 5.28. The van der Waals surface area contributed by atoms with Crippen LogP contribution in [-0.2, 0) is 14.8 Å². The summed E-state index contributed by atoms with van der Waals surface area (Å²) in [7, 11) is 0.581. The van der Waals surface area contributed by atoms with E-state index in [1.807, 2.05) is 25.9 Å². The molecular formula is C11H22N2O4S. The summed E-state index contributed by atoms with van der Waals surface area (Å²) in [4.78, 5) is 12.4. The standard InChI is InChI=1S/C11H22N2O4S/c1-9-7-13(8-10(9)12(2)3)18(16,17)6-4-5-11(14)15/h9-10H,4-8H2,1-3H3,(H,14,15). The van der Waals surface area contributed by atoms with Gasteiger partial charge in [0.25, 0.3) is 0 Å². The highest BCUT2D eigenvalue weighted by molar-refractivity contribution is 7.89. The van der Waals surface area contributed by atoms with E-state index in [1.165, 1.54) is 4.31 Å². The van der Waals surface area contributed by atoms with Gasteiger partial charge in [0, 0.05) is 25.6 Å². The molecule has 18 heavy (non-hydrogen) atoms. The van der Waals surface area contributed by atoms with Crippen molar-refractivity contribution in [1.82, 2.24) is 9.21 Å². The summed E-state index contributed by atoms with van der Waals surface area (Å²) in [5.74, 6) is -0.730. The molecule has 0 spiro atoms. The number of rotatable bonds is 6. The number of carboxylic acid groups (broad SMARTS) is 1. The van der Waals surface area contributed by atoms with Gasteiger partial charge in [-0.1, -0.05) is 6.92 Å². The lowest BCUT2D eigenvalue weighted by atomic mass is 10.1. The van der Waals surface area contributed by atoms with Gasteiger partial charge < -0.3 is 10.0 Å². The van der Waals surface area contributed by atoms with Crippen molar-refractivity contribution in [1.29, 1.82) is 0 Å². The minimum Gasteiger partial charge on any atom is -0.481 e. The van der Waals surface area contributed by atoms with Gasteiger partial charge in [-0.05, 0) is 26.4 Å². The van der Waals surface area contributed by atoms with Crippen LogP contribution in [0.1, 0.15) is 19.8 Å². The predicted octanol–water partition coefficient (Wildman–Crippen LogP) is 0.0629. The molecule has 7 heteroatoms. The highest BCUT2D eigenvalue weighted by Crippen LogP contribution is 2.23. The van der Waals surface area contributed by atoms with Gasteiger partial charge in [-0.2, -0.15) is 0 Å². The number of nitrogens with zero attached hydrogens (tertiary/aromatic N) is 2. The molecule has 1 aliphatic rings.